The molecule has 3 heterocycles. The molecule has 0 amide bonds. The van der Waals surface area contributed by atoms with Gasteiger partial charge in [-0.3, -0.25) is 15.0 Å². The van der Waals surface area contributed by atoms with Gasteiger partial charge in [-0.2, -0.15) is 0 Å². The summed E-state index contributed by atoms with van der Waals surface area (Å²) in [6, 6.07) is 42.0. The first-order valence-electron chi connectivity index (χ1n) is 14.8. The van der Waals surface area contributed by atoms with E-state index in [2.05, 4.69) is 130 Å². The van der Waals surface area contributed by atoms with Gasteiger partial charge in [0.25, 0.3) is 0 Å². The molecule has 0 unspecified atom stereocenters. The van der Waals surface area contributed by atoms with Crippen LogP contribution in [0.15, 0.2) is 152 Å². The van der Waals surface area contributed by atoms with Crippen LogP contribution in [-0.2, 0) is 0 Å². The third kappa shape index (κ3) is 3.87. The molecule has 0 aliphatic carbocycles. The second kappa shape index (κ2) is 9.82. The van der Waals surface area contributed by atoms with Crippen molar-refractivity contribution in [1.82, 2.24) is 15.0 Å². The number of nitrogens with zero attached hydrogens (tertiary/aromatic N) is 3. The van der Waals surface area contributed by atoms with Crippen LogP contribution in [0.5, 0.6) is 0 Å². The number of pyridine rings is 3. The fourth-order valence-corrected chi connectivity index (χ4v) is 6.85. The van der Waals surface area contributed by atoms with Gasteiger partial charge < -0.3 is 0 Å². The minimum Gasteiger partial charge on any atom is -0.265 e. The van der Waals surface area contributed by atoms with Crippen molar-refractivity contribution in [1.29, 1.82) is 0 Å². The van der Waals surface area contributed by atoms with Crippen LogP contribution in [0.1, 0.15) is 0 Å². The van der Waals surface area contributed by atoms with E-state index in [0.717, 1.165) is 27.6 Å². The lowest BCUT2D eigenvalue weighted by Gasteiger charge is -2.18. The van der Waals surface area contributed by atoms with Crippen molar-refractivity contribution in [3.63, 3.8) is 0 Å². The Labute approximate surface area is 254 Å². The summed E-state index contributed by atoms with van der Waals surface area (Å²) < 4.78 is 0. The molecule has 0 saturated heterocycles. The average Bonchev–Trinajstić information content (AvgIpc) is 3.11. The summed E-state index contributed by atoms with van der Waals surface area (Å²) in [5.41, 5.74) is 9.49. The highest BCUT2D eigenvalue weighted by Crippen LogP contribution is 2.44. The zero-order valence-corrected chi connectivity index (χ0v) is 23.8. The van der Waals surface area contributed by atoms with Gasteiger partial charge in [0, 0.05) is 42.6 Å². The topological polar surface area (TPSA) is 38.7 Å². The summed E-state index contributed by atoms with van der Waals surface area (Å²) in [4.78, 5) is 12.9. The van der Waals surface area contributed by atoms with Crippen LogP contribution in [-0.4, -0.2) is 15.0 Å². The smallest absolute Gasteiger partial charge is 0.0346 e. The summed E-state index contributed by atoms with van der Waals surface area (Å²) in [5, 5.41) is 10.0. The van der Waals surface area contributed by atoms with Crippen LogP contribution in [0.25, 0.3) is 87.6 Å². The van der Waals surface area contributed by atoms with Crippen molar-refractivity contribution in [3.8, 4) is 44.5 Å². The molecule has 0 bridgehead atoms. The summed E-state index contributed by atoms with van der Waals surface area (Å²) in [6.07, 6.45) is 11.3. The minimum absolute atomic E-state index is 1.14. The third-order valence-electron chi connectivity index (χ3n) is 8.91. The lowest BCUT2D eigenvalue weighted by atomic mass is 9.85. The monoisotopic (exact) mass is 559 g/mol. The zero-order chi connectivity index (χ0) is 29.0. The van der Waals surface area contributed by atoms with Crippen LogP contribution in [0, 0.1) is 0 Å². The van der Waals surface area contributed by atoms with Gasteiger partial charge in [-0.25, -0.2) is 0 Å². The predicted octanol–water partition coefficient (Wildman–Crippen LogP) is 10.6. The Balaban J connectivity index is 1.32. The first kappa shape index (κ1) is 24.6. The van der Waals surface area contributed by atoms with Crippen LogP contribution in [0.4, 0.5) is 0 Å². The summed E-state index contributed by atoms with van der Waals surface area (Å²) >= 11 is 0. The molecule has 6 aromatic carbocycles. The van der Waals surface area contributed by atoms with Gasteiger partial charge in [0.05, 0.1) is 0 Å². The highest BCUT2D eigenvalue weighted by Gasteiger charge is 2.17. The lowest BCUT2D eigenvalue weighted by molar-refractivity contribution is 1.33. The molecule has 9 aromatic rings. The molecule has 204 valence electrons. The van der Waals surface area contributed by atoms with Crippen LogP contribution >= 0.6 is 0 Å². The highest BCUT2D eigenvalue weighted by molar-refractivity contribution is 6.28. The number of hydrogen-bond acceptors (Lipinski definition) is 3. The Bertz CT molecular complexity index is 2420. The van der Waals surface area contributed by atoms with Gasteiger partial charge in [0.1, 0.15) is 0 Å². The van der Waals surface area contributed by atoms with E-state index in [-0.39, 0.29) is 0 Å². The molecule has 3 nitrogen and oxygen atoms in total. The van der Waals surface area contributed by atoms with Crippen molar-refractivity contribution < 1.29 is 0 Å². The standard InChI is InChI=1S/C41H25N3/c1-2-30-25-44-21-16-35(30)36(3-1)37-9-7-29-5-4-28-6-8-34(38-10-11-39(37)41(29)40(28)38)33-23-31(26-12-17-42-18-13-26)22-32(24-33)27-14-19-43-20-15-27/h1-25H. The Morgan fingerprint density at radius 2 is 0.841 bits per heavy atom. The Kier molecular flexibility index (Phi) is 5.50. The SMILES string of the molecule is c1cc(-c2ccc3ccc4ccc(-c5cc(-c6ccncc6)cc(-c6ccncc6)c5)c5ccc2c3c45)c2ccncc2c1. The van der Waals surface area contributed by atoms with E-state index in [4.69, 9.17) is 0 Å². The fraction of sp³-hybridized carbons (Fsp3) is 0. The van der Waals surface area contributed by atoms with E-state index >= 15 is 0 Å². The van der Waals surface area contributed by atoms with E-state index in [1.54, 1.807) is 0 Å². The molecule has 9 rings (SSSR count). The molecule has 0 aliphatic rings. The van der Waals surface area contributed by atoms with Crippen molar-refractivity contribution >= 4 is 43.1 Å². The van der Waals surface area contributed by atoms with E-state index in [1.807, 2.05) is 37.2 Å². The molecule has 0 fully saturated rings. The molecule has 0 N–H and O–H groups in total. The van der Waals surface area contributed by atoms with Crippen molar-refractivity contribution in [2.75, 3.05) is 0 Å². The molecular formula is C41H25N3. The highest BCUT2D eigenvalue weighted by atomic mass is 14.6. The van der Waals surface area contributed by atoms with Gasteiger partial charge >= 0.3 is 0 Å². The van der Waals surface area contributed by atoms with E-state index in [0.29, 0.717) is 0 Å². The second-order valence-electron chi connectivity index (χ2n) is 11.3. The quantitative estimate of drug-likeness (QED) is 0.201. The molecular weight excluding hydrogens is 534 g/mol. The Morgan fingerprint density at radius 1 is 0.318 bits per heavy atom. The first-order valence-corrected chi connectivity index (χ1v) is 14.8. The summed E-state index contributed by atoms with van der Waals surface area (Å²) in [6.45, 7) is 0. The number of rotatable bonds is 4. The normalized spacial score (nSPS) is 11.6. The maximum atomic E-state index is 4.36. The van der Waals surface area contributed by atoms with Gasteiger partial charge in [-0.15, -0.1) is 0 Å². The molecule has 0 atom stereocenters. The van der Waals surface area contributed by atoms with Crippen LogP contribution < -0.4 is 0 Å². The van der Waals surface area contributed by atoms with Crippen molar-refractivity contribution in [2.24, 2.45) is 0 Å². The minimum atomic E-state index is 1.14. The van der Waals surface area contributed by atoms with Crippen LogP contribution in [0.3, 0.4) is 0 Å². The fourth-order valence-electron chi connectivity index (χ4n) is 6.85. The van der Waals surface area contributed by atoms with Crippen molar-refractivity contribution in [2.45, 2.75) is 0 Å². The molecule has 0 spiro atoms. The van der Waals surface area contributed by atoms with Gasteiger partial charge in [0.2, 0.25) is 0 Å². The van der Waals surface area contributed by atoms with Gasteiger partial charge in [0.15, 0.2) is 0 Å². The number of aromatic nitrogens is 3. The predicted molar refractivity (Wildman–Crippen MR) is 183 cm³/mol. The average molecular weight is 560 g/mol. The summed E-state index contributed by atoms with van der Waals surface area (Å²) in [5.74, 6) is 0. The van der Waals surface area contributed by atoms with Gasteiger partial charge in [-0.05, 0) is 131 Å². The lowest BCUT2D eigenvalue weighted by Crippen LogP contribution is -1.91. The summed E-state index contributed by atoms with van der Waals surface area (Å²) in [7, 11) is 0. The molecule has 0 aliphatic heterocycles. The molecule has 0 saturated carbocycles. The van der Waals surface area contributed by atoms with Crippen molar-refractivity contribution in [3.05, 3.63) is 152 Å². The zero-order valence-electron chi connectivity index (χ0n) is 23.8. The Hall–Kier alpha value is -5.93. The van der Waals surface area contributed by atoms with Crippen LogP contribution in [0.2, 0.25) is 0 Å². The van der Waals surface area contributed by atoms with E-state index in [9.17, 15) is 0 Å². The first-order chi connectivity index (χ1) is 21.8. The maximum Gasteiger partial charge on any atom is 0.0346 e. The Morgan fingerprint density at radius 3 is 1.50 bits per heavy atom. The van der Waals surface area contributed by atoms with E-state index in [1.165, 1.54) is 60.0 Å². The number of hydrogen-bond donors (Lipinski definition) is 0. The second-order valence-corrected chi connectivity index (χ2v) is 11.3. The molecule has 3 aromatic heterocycles. The van der Waals surface area contributed by atoms with E-state index < -0.39 is 0 Å². The molecule has 3 heteroatoms. The largest absolute Gasteiger partial charge is 0.265 e. The van der Waals surface area contributed by atoms with Gasteiger partial charge in [-0.1, -0.05) is 66.7 Å². The number of benzene rings is 6. The molecule has 44 heavy (non-hydrogen) atoms. The number of fused-ring (bicyclic) bond motifs is 1. The third-order valence-corrected chi connectivity index (χ3v) is 8.91. The molecule has 0 radical (unpaired) electrons. The maximum absolute atomic E-state index is 4.36.